The van der Waals surface area contributed by atoms with Crippen LogP contribution in [-0.2, 0) is 16.1 Å². The van der Waals surface area contributed by atoms with E-state index in [9.17, 15) is 4.79 Å². The molecule has 2 rings (SSSR count). The number of esters is 1. The van der Waals surface area contributed by atoms with Gasteiger partial charge in [-0.3, -0.25) is 4.79 Å². The monoisotopic (exact) mass is 297 g/mol. The van der Waals surface area contributed by atoms with Crippen LogP contribution in [0.15, 0.2) is 28.7 Å². The van der Waals surface area contributed by atoms with Crippen LogP contribution in [0, 0.1) is 5.92 Å². The Balaban J connectivity index is 1.88. The summed E-state index contributed by atoms with van der Waals surface area (Å²) in [6, 6.07) is 7.65. The molecule has 0 amide bonds. The number of hydrogen-bond donors (Lipinski definition) is 1. The average molecular weight is 298 g/mol. The van der Waals surface area contributed by atoms with Gasteiger partial charge in [-0.05, 0) is 36.6 Å². The molecule has 0 bridgehead atoms. The van der Waals surface area contributed by atoms with Gasteiger partial charge in [-0.25, -0.2) is 0 Å². The van der Waals surface area contributed by atoms with Gasteiger partial charge in [-0.1, -0.05) is 35.0 Å². The van der Waals surface area contributed by atoms with Crippen LogP contribution in [0.5, 0.6) is 0 Å². The van der Waals surface area contributed by atoms with E-state index < -0.39 is 0 Å². The first-order valence-corrected chi connectivity index (χ1v) is 6.60. The molecule has 0 aliphatic carbocycles. The van der Waals surface area contributed by atoms with Crippen LogP contribution in [0.1, 0.15) is 18.9 Å². The van der Waals surface area contributed by atoms with Gasteiger partial charge < -0.3 is 10.1 Å². The Morgan fingerprint density at radius 1 is 1.59 bits per heavy atom. The molecule has 1 heterocycles. The molecule has 1 aromatic carbocycles. The maximum Gasteiger partial charge on any atom is 0.323 e. The number of rotatable bonds is 3. The molecule has 4 heteroatoms. The van der Waals surface area contributed by atoms with Crippen LogP contribution in [-0.4, -0.2) is 18.6 Å². The Labute approximate surface area is 110 Å². The summed E-state index contributed by atoms with van der Waals surface area (Å²) in [6.07, 6.45) is 1.04. The highest BCUT2D eigenvalue weighted by atomic mass is 79.9. The van der Waals surface area contributed by atoms with Gasteiger partial charge in [0.25, 0.3) is 0 Å². The van der Waals surface area contributed by atoms with Crippen LogP contribution in [0.2, 0.25) is 0 Å². The fourth-order valence-corrected chi connectivity index (χ4v) is 2.47. The molecule has 17 heavy (non-hydrogen) atoms. The van der Waals surface area contributed by atoms with Crippen LogP contribution in [0.3, 0.4) is 0 Å². The number of nitrogens with one attached hydrogen (secondary N) is 1. The second-order valence-electron chi connectivity index (χ2n) is 4.44. The number of carbonyl (C=O) groups is 1. The lowest BCUT2D eigenvalue weighted by molar-refractivity contribution is -0.148. The summed E-state index contributed by atoms with van der Waals surface area (Å²) in [5, 5.41) is 3.17. The fourth-order valence-electron chi connectivity index (χ4n) is 2.02. The Hall–Kier alpha value is -0.870. The molecule has 0 radical (unpaired) electrons. The number of benzene rings is 1. The maximum atomic E-state index is 11.8. The molecule has 2 unspecified atom stereocenters. The Morgan fingerprint density at radius 2 is 2.41 bits per heavy atom. The minimum atomic E-state index is -0.144. The maximum absolute atomic E-state index is 11.8. The SMILES string of the molecule is CC1CCNC1C(=O)OCc1cccc(Br)c1. The van der Waals surface area contributed by atoms with Gasteiger partial charge in [-0.15, -0.1) is 0 Å². The summed E-state index contributed by atoms with van der Waals surface area (Å²) in [4.78, 5) is 11.8. The molecule has 1 aliphatic heterocycles. The topological polar surface area (TPSA) is 38.3 Å². The zero-order chi connectivity index (χ0) is 12.3. The first-order valence-electron chi connectivity index (χ1n) is 5.81. The van der Waals surface area contributed by atoms with E-state index in [4.69, 9.17) is 4.74 Å². The van der Waals surface area contributed by atoms with E-state index >= 15 is 0 Å². The summed E-state index contributed by atoms with van der Waals surface area (Å²) >= 11 is 3.39. The van der Waals surface area contributed by atoms with E-state index in [1.807, 2.05) is 24.3 Å². The zero-order valence-electron chi connectivity index (χ0n) is 9.78. The second-order valence-corrected chi connectivity index (χ2v) is 5.35. The largest absolute Gasteiger partial charge is 0.460 e. The summed E-state index contributed by atoms with van der Waals surface area (Å²) in [7, 11) is 0. The van der Waals surface area contributed by atoms with Crippen LogP contribution in [0.25, 0.3) is 0 Å². The van der Waals surface area contributed by atoms with E-state index in [0.29, 0.717) is 12.5 Å². The minimum Gasteiger partial charge on any atom is -0.460 e. The molecule has 0 aromatic heterocycles. The number of carbonyl (C=O) groups excluding carboxylic acids is 1. The first kappa shape index (κ1) is 12.6. The van der Waals surface area contributed by atoms with E-state index in [-0.39, 0.29) is 12.0 Å². The van der Waals surface area contributed by atoms with Crippen LogP contribution >= 0.6 is 15.9 Å². The molecular formula is C13H16BrNO2. The van der Waals surface area contributed by atoms with Crippen LogP contribution in [0.4, 0.5) is 0 Å². The normalized spacial score (nSPS) is 23.6. The van der Waals surface area contributed by atoms with Gasteiger partial charge in [-0.2, -0.15) is 0 Å². The quantitative estimate of drug-likeness (QED) is 0.871. The van der Waals surface area contributed by atoms with Crippen molar-refractivity contribution in [3.63, 3.8) is 0 Å². The molecule has 1 aromatic rings. The minimum absolute atomic E-state index is 0.137. The van der Waals surface area contributed by atoms with Crippen molar-refractivity contribution >= 4 is 21.9 Å². The van der Waals surface area contributed by atoms with Gasteiger partial charge in [0.05, 0.1) is 0 Å². The summed E-state index contributed by atoms with van der Waals surface area (Å²) < 4.78 is 6.31. The smallest absolute Gasteiger partial charge is 0.323 e. The lowest BCUT2D eigenvalue weighted by atomic mass is 10.0. The summed E-state index contributed by atoms with van der Waals surface area (Å²) in [5.74, 6) is 0.222. The molecular weight excluding hydrogens is 282 g/mol. The van der Waals surface area contributed by atoms with Crippen molar-refractivity contribution in [2.75, 3.05) is 6.54 Å². The van der Waals surface area contributed by atoms with Gasteiger partial charge in [0.15, 0.2) is 0 Å². The number of halogens is 1. The third-order valence-corrected chi connectivity index (χ3v) is 3.55. The highest BCUT2D eigenvalue weighted by Crippen LogP contribution is 2.17. The summed E-state index contributed by atoms with van der Waals surface area (Å²) in [6.45, 7) is 3.31. The van der Waals surface area contributed by atoms with Crippen molar-refractivity contribution in [1.29, 1.82) is 0 Å². The fraction of sp³-hybridized carbons (Fsp3) is 0.462. The third-order valence-electron chi connectivity index (χ3n) is 3.06. The van der Waals surface area contributed by atoms with E-state index in [1.165, 1.54) is 0 Å². The van der Waals surface area contributed by atoms with E-state index in [1.54, 1.807) is 0 Å². The lowest BCUT2D eigenvalue weighted by Gasteiger charge is -2.14. The van der Waals surface area contributed by atoms with E-state index in [2.05, 4.69) is 28.2 Å². The highest BCUT2D eigenvalue weighted by molar-refractivity contribution is 9.10. The standard InChI is InChI=1S/C13H16BrNO2/c1-9-5-6-15-12(9)13(16)17-8-10-3-2-4-11(14)7-10/h2-4,7,9,12,15H,5-6,8H2,1H3. The van der Waals surface area contributed by atoms with Crippen molar-refractivity contribution in [3.05, 3.63) is 34.3 Å². The zero-order valence-corrected chi connectivity index (χ0v) is 11.4. The summed E-state index contributed by atoms with van der Waals surface area (Å²) in [5.41, 5.74) is 0.998. The Bertz CT molecular complexity index is 408. The van der Waals surface area contributed by atoms with Crippen molar-refractivity contribution in [2.24, 2.45) is 5.92 Å². The van der Waals surface area contributed by atoms with Crippen molar-refractivity contribution in [1.82, 2.24) is 5.32 Å². The molecule has 2 atom stereocenters. The highest BCUT2D eigenvalue weighted by Gasteiger charge is 2.30. The predicted octanol–water partition coefficient (Wildman–Crippen LogP) is 2.49. The Morgan fingerprint density at radius 3 is 3.06 bits per heavy atom. The number of hydrogen-bond acceptors (Lipinski definition) is 3. The average Bonchev–Trinajstić information content (AvgIpc) is 2.72. The van der Waals surface area contributed by atoms with Crippen molar-refractivity contribution < 1.29 is 9.53 Å². The van der Waals surface area contributed by atoms with Crippen molar-refractivity contribution in [3.8, 4) is 0 Å². The first-order chi connectivity index (χ1) is 8.16. The molecule has 1 saturated heterocycles. The molecule has 0 saturated carbocycles. The van der Waals surface area contributed by atoms with Crippen LogP contribution < -0.4 is 5.32 Å². The van der Waals surface area contributed by atoms with Crippen molar-refractivity contribution in [2.45, 2.75) is 26.0 Å². The predicted molar refractivity (Wildman–Crippen MR) is 69.5 cm³/mol. The molecule has 1 fully saturated rings. The Kier molecular flexibility index (Phi) is 4.18. The second kappa shape index (κ2) is 5.65. The molecule has 92 valence electrons. The van der Waals surface area contributed by atoms with E-state index in [0.717, 1.165) is 23.0 Å². The van der Waals surface area contributed by atoms with Gasteiger partial charge >= 0.3 is 5.97 Å². The van der Waals surface area contributed by atoms with Gasteiger partial charge in [0, 0.05) is 4.47 Å². The molecule has 1 aliphatic rings. The molecule has 3 nitrogen and oxygen atoms in total. The number of ether oxygens (including phenoxy) is 1. The van der Waals surface area contributed by atoms with Gasteiger partial charge in [0.1, 0.15) is 12.6 Å². The molecule has 0 spiro atoms. The molecule has 1 N–H and O–H groups in total. The lowest BCUT2D eigenvalue weighted by Crippen LogP contribution is -2.36. The van der Waals surface area contributed by atoms with Gasteiger partial charge in [0.2, 0.25) is 0 Å². The third kappa shape index (κ3) is 3.30.